The van der Waals surface area contributed by atoms with E-state index >= 15 is 0 Å². The van der Waals surface area contributed by atoms with Gasteiger partial charge in [0, 0.05) is 17.5 Å². The molecule has 0 spiro atoms. The van der Waals surface area contributed by atoms with Gasteiger partial charge in [-0.05, 0) is 36.6 Å². The lowest BCUT2D eigenvalue weighted by atomic mass is 9.95. The van der Waals surface area contributed by atoms with Gasteiger partial charge in [0.2, 0.25) is 0 Å². The van der Waals surface area contributed by atoms with E-state index in [-0.39, 0.29) is 0 Å². The summed E-state index contributed by atoms with van der Waals surface area (Å²) in [6.07, 6.45) is 2.12. The fourth-order valence-corrected chi connectivity index (χ4v) is 3.27. The minimum Gasteiger partial charge on any atom is -0.327 e. The number of nitrogens with zero attached hydrogens (tertiary/aromatic N) is 2. The van der Waals surface area contributed by atoms with Crippen LogP contribution in [-0.2, 0) is 6.54 Å². The van der Waals surface area contributed by atoms with Gasteiger partial charge in [-0.15, -0.1) is 0 Å². The number of imidazole rings is 1. The number of aryl methyl sites for hydroxylation is 1. The Bertz CT molecular complexity index is 762. The van der Waals surface area contributed by atoms with Crippen LogP contribution in [0, 0.1) is 0 Å². The molecule has 3 aromatic rings. The van der Waals surface area contributed by atoms with Crippen molar-refractivity contribution < 1.29 is 0 Å². The van der Waals surface area contributed by atoms with Gasteiger partial charge in [0.25, 0.3) is 0 Å². The molecule has 2 nitrogen and oxygen atoms in total. The van der Waals surface area contributed by atoms with E-state index < -0.39 is 0 Å². The molecule has 0 radical (unpaired) electrons. The summed E-state index contributed by atoms with van der Waals surface area (Å²) in [5, 5.41) is 0.743. The van der Waals surface area contributed by atoms with Crippen LogP contribution in [0.1, 0.15) is 44.0 Å². The Morgan fingerprint density at radius 1 is 1.09 bits per heavy atom. The monoisotopic (exact) mass is 312 g/mol. The Balaban J connectivity index is 2.17. The molecule has 0 aliphatic heterocycles. The zero-order valence-corrected chi connectivity index (χ0v) is 13.8. The van der Waals surface area contributed by atoms with Crippen molar-refractivity contribution in [1.82, 2.24) is 9.55 Å². The average molecular weight is 313 g/mol. The van der Waals surface area contributed by atoms with Gasteiger partial charge in [0.15, 0.2) is 0 Å². The molecule has 3 rings (SSSR count). The molecule has 1 unspecified atom stereocenters. The summed E-state index contributed by atoms with van der Waals surface area (Å²) in [6.45, 7) is 5.41. The van der Waals surface area contributed by atoms with E-state index in [9.17, 15) is 0 Å². The van der Waals surface area contributed by atoms with Gasteiger partial charge < -0.3 is 4.57 Å². The summed E-state index contributed by atoms with van der Waals surface area (Å²) in [4.78, 5) is 4.92. The third kappa shape index (κ3) is 2.76. The van der Waals surface area contributed by atoms with Crippen LogP contribution in [0.2, 0.25) is 5.02 Å². The molecule has 0 bridgehead atoms. The van der Waals surface area contributed by atoms with Gasteiger partial charge in [-0.2, -0.15) is 0 Å². The van der Waals surface area contributed by atoms with E-state index in [4.69, 9.17) is 16.6 Å². The van der Waals surface area contributed by atoms with Crippen LogP contribution in [-0.4, -0.2) is 9.55 Å². The van der Waals surface area contributed by atoms with Crippen molar-refractivity contribution in [1.29, 1.82) is 0 Å². The van der Waals surface area contributed by atoms with Gasteiger partial charge in [-0.1, -0.05) is 55.8 Å². The molecule has 0 fully saturated rings. The van der Waals surface area contributed by atoms with Gasteiger partial charge in [0.1, 0.15) is 5.82 Å². The maximum atomic E-state index is 6.14. The number of fused-ring (bicyclic) bond motifs is 1. The lowest BCUT2D eigenvalue weighted by Gasteiger charge is -2.17. The molecule has 1 aromatic heterocycles. The van der Waals surface area contributed by atoms with Crippen molar-refractivity contribution in [2.45, 2.75) is 39.2 Å². The van der Waals surface area contributed by atoms with Crippen LogP contribution in [0.5, 0.6) is 0 Å². The number of hydrogen-bond acceptors (Lipinski definition) is 1. The van der Waals surface area contributed by atoms with Crippen LogP contribution in [0.3, 0.4) is 0 Å². The highest BCUT2D eigenvalue weighted by Crippen LogP contribution is 2.31. The van der Waals surface area contributed by atoms with E-state index in [1.165, 1.54) is 11.1 Å². The van der Waals surface area contributed by atoms with Gasteiger partial charge in [-0.25, -0.2) is 4.98 Å². The molecule has 1 atom stereocenters. The van der Waals surface area contributed by atoms with Gasteiger partial charge in [0.05, 0.1) is 11.0 Å². The second kappa shape index (κ2) is 6.53. The molecular formula is C19H21ClN2. The van der Waals surface area contributed by atoms with E-state index in [2.05, 4.69) is 54.8 Å². The van der Waals surface area contributed by atoms with Crippen LogP contribution >= 0.6 is 11.6 Å². The topological polar surface area (TPSA) is 17.8 Å². The Morgan fingerprint density at radius 2 is 1.86 bits per heavy atom. The molecular weight excluding hydrogens is 292 g/mol. The van der Waals surface area contributed by atoms with Crippen LogP contribution in [0.15, 0.2) is 48.5 Å². The average Bonchev–Trinajstić information content (AvgIpc) is 2.87. The minimum absolute atomic E-state index is 0.318. The van der Waals surface area contributed by atoms with Crippen molar-refractivity contribution in [3.8, 4) is 0 Å². The Hall–Kier alpha value is -1.80. The maximum Gasteiger partial charge on any atom is 0.117 e. The zero-order chi connectivity index (χ0) is 15.5. The fourth-order valence-electron chi connectivity index (χ4n) is 3.10. The normalized spacial score (nSPS) is 12.7. The summed E-state index contributed by atoms with van der Waals surface area (Å²) >= 11 is 6.14. The highest BCUT2D eigenvalue weighted by Gasteiger charge is 2.20. The van der Waals surface area contributed by atoms with Crippen molar-refractivity contribution in [2.24, 2.45) is 0 Å². The molecule has 0 N–H and O–H groups in total. The maximum absolute atomic E-state index is 6.14. The summed E-state index contributed by atoms with van der Waals surface area (Å²) in [5.74, 6) is 1.46. The first-order valence-corrected chi connectivity index (χ1v) is 8.33. The van der Waals surface area contributed by atoms with Crippen LogP contribution in [0.4, 0.5) is 0 Å². The first kappa shape index (κ1) is 15.1. The van der Waals surface area contributed by atoms with Gasteiger partial charge in [-0.3, -0.25) is 0 Å². The number of aromatic nitrogens is 2. The third-order valence-electron chi connectivity index (χ3n) is 4.11. The van der Waals surface area contributed by atoms with Crippen molar-refractivity contribution in [3.05, 3.63) is 64.9 Å². The van der Waals surface area contributed by atoms with E-state index in [0.717, 1.165) is 35.8 Å². The lowest BCUT2D eigenvalue weighted by Crippen LogP contribution is -2.10. The SMILES string of the molecule is CCCn1c(C(CC)c2ccccc2)nc2cc(Cl)ccc21. The van der Waals surface area contributed by atoms with Crippen molar-refractivity contribution in [2.75, 3.05) is 0 Å². The zero-order valence-electron chi connectivity index (χ0n) is 13.1. The summed E-state index contributed by atoms with van der Waals surface area (Å²) in [5.41, 5.74) is 3.49. The second-order valence-electron chi connectivity index (χ2n) is 5.63. The smallest absolute Gasteiger partial charge is 0.117 e. The predicted octanol–water partition coefficient (Wildman–Crippen LogP) is 5.64. The van der Waals surface area contributed by atoms with E-state index in [0.29, 0.717) is 5.92 Å². The fraction of sp³-hybridized carbons (Fsp3) is 0.316. The van der Waals surface area contributed by atoms with E-state index in [1.807, 2.05) is 12.1 Å². The summed E-state index contributed by atoms with van der Waals surface area (Å²) in [7, 11) is 0. The largest absolute Gasteiger partial charge is 0.327 e. The number of halogens is 1. The molecule has 0 aliphatic rings. The molecule has 1 heterocycles. The van der Waals surface area contributed by atoms with Crippen LogP contribution < -0.4 is 0 Å². The van der Waals surface area contributed by atoms with E-state index in [1.54, 1.807) is 0 Å². The quantitative estimate of drug-likeness (QED) is 0.596. The molecule has 3 heteroatoms. The Kier molecular flexibility index (Phi) is 4.49. The second-order valence-corrected chi connectivity index (χ2v) is 6.06. The third-order valence-corrected chi connectivity index (χ3v) is 4.34. The predicted molar refractivity (Wildman–Crippen MR) is 93.6 cm³/mol. The highest BCUT2D eigenvalue weighted by molar-refractivity contribution is 6.31. The molecule has 2 aromatic carbocycles. The molecule has 0 aliphatic carbocycles. The van der Waals surface area contributed by atoms with Crippen molar-refractivity contribution in [3.63, 3.8) is 0 Å². The molecule has 0 amide bonds. The van der Waals surface area contributed by atoms with Crippen molar-refractivity contribution >= 4 is 22.6 Å². The first-order valence-electron chi connectivity index (χ1n) is 7.95. The Labute approximate surface area is 136 Å². The first-order chi connectivity index (χ1) is 10.7. The highest BCUT2D eigenvalue weighted by atomic mass is 35.5. The lowest BCUT2D eigenvalue weighted by molar-refractivity contribution is 0.609. The molecule has 0 saturated carbocycles. The molecule has 114 valence electrons. The standard InChI is InChI=1S/C19H21ClN2/c1-3-12-22-18-11-10-15(20)13-17(18)21-19(22)16(4-2)14-8-6-5-7-9-14/h5-11,13,16H,3-4,12H2,1-2H3. The molecule has 22 heavy (non-hydrogen) atoms. The number of hydrogen-bond donors (Lipinski definition) is 0. The minimum atomic E-state index is 0.318. The van der Waals surface area contributed by atoms with Crippen LogP contribution in [0.25, 0.3) is 11.0 Å². The summed E-state index contributed by atoms with van der Waals surface area (Å²) in [6, 6.07) is 16.6. The molecule has 0 saturated heterocycles. The number of benzene rings is 2. The summed E-state index contributed by atoms with van der Waals surface area (Å²) < 4.78 is 2.35. The Morgan fingerprint density at radius 3 is 2.55 bits per heavy atom. The number of rotatable bonds is 5. The van der Waals surface area contributed by atoms with Gasteiger partial charge >= 0.3 is 0 Å².